The first-order valence-electron chi connectivity index (χ1n) is 8.05. The average Bonchev–Trinajstić information content (AvgIpc) is 3.22. The van der Waals surface area contributed by atoms with Crippen LogP contribution in [-0.4, -0.2) is 20.7 Å². The zero-order valence-electron chi connectivity index (χ0n) is 13.9. The van der Waals surface area contributed by atoms with Crippen LogP contribution in [0.5, 0.6) is 0 Å². The van der Waals surface area contributed by atoms with Crippen LogP contribution in [0.1, 0.15) is 21.1 Å². The van der Waals surface area contributed by atoms with Crippen molar-refractivity contribution >= 4 is 43.4 Å². The van der Waals surface area contributed by atoms with Crippen molar-refractivity contribution in [2.24, 2.45) is 0 Å². The molecule has 1 aromatic carbocycles. The monoisotopic (exact) mass is 426 g/mol. The second-order valence-electron chi connectivity index (χ2n) is 5.81. The number of aryl methyl sites for hydroxylation is 1. The predicted molar refractivity (Wildman–Crippen MR) is 107 cm³/mol. The van der Waals surface area contributed by atoms with Crippen molar-refractivity contribution < 1.29 is 4.79 Å². The number of rotatable bonds is 4. The first-order chi connectivity index (χ1) is 12.6. The van der Waals surface area contributed by atoms with E-state index in [-0.39, 0.29) is 5.91 Å². The van der Waals surface area contributed by atoms with Gasteiger partial charge in [-0.25, -0.2) is 4.68 Å². The summed E-state index contributed by atoms with van der Waals surface area (Å²) >= 11 is 4.89. The number of nitrogens with zero attached hydrogens (tertiary/aromatic N) is 3. The van der Waals surface area contributed by atoms with Crippen LogP contribution in [0.25, 0.3) is 15.9 Å². The van der Waals surface area contributed by atoms with Gasteiger partial charge < -0.3 is 5.32 Å². The molecule has 26 heavy (non-hydrogen) atoms. The van der Waals surface area contributed by atoms with E-state index < -0.39 is 0 Å². The van der Waals surface area contributed by atoms with Crippen LogP contribution in [0.15, 0.2) is 59.2 Å². The molecule has 0 saturated heterocycles. The number of hydrogen-bond donors (Lipinski definition) is 1. The molecule has 0 fully saturated rings. The lowest BCUT2D eigenvalue weighted by atomic mass is 10.3. The Morgan fingerprint density at radius 3 is 2.77 bits per heavy atom. The van der Waals surface area contributed by atoms with Crippen LogP contribution in [0.2, 0.25) is 0 Å². The number of carbonyl (C=O) groups is 1. The highest BCUT2D eigenvalue weighted by molar-refractivity contribution is 9.10. The number of carbonyl (C=O) groups excluding carboxylic acids is 1. The highest BCUT2D eigenvalue weighted by Crippen LogP contribution is 2.30. The van der Waals surface area contributed by atoms with Crippen LogP contribution in [0.4, 0.5) is 0 Å². The number of nitrogens with one attached hydrogen (secondary N) is 1. The van der Waals surface area contributed by atoms with E-state index in [4.69, 9.17) is 0 Å². The first kappa shape index (κ1) is 16.9. The molecule has 7 heteroatoms. The Hall–Kier alpha value is -2.51. The Balaban J connectivity index is 1.62. The van der Waals surface area contributed by atoms with Gasteiger partial charge in [0.1, 0.15) is 4.83 Å². The highest BCUT2D eigenvalue weighted by Gasteiger charge is 2.17. The molecule has 0 aliphatic rings. The number of pyridine rings is 1. The number of aromatic nitrogens is 3. The molecule has 1 N–H and O–H groups in total. The van der Waals surface area contributed by atoms with Gasteiger partial charge in [-0.3, -0.25) is 9.78 Å². The van der Waals surface area contributed by atoms with Gasteiger partial charge in [0.05, 0.1) is 28.5 Å². The maximum atomic E-state index is 12.5. The molecule has 0 spiro atoms. The summed E-state index contributed by atoms with van der Waals surface area (Å²) in [4.78, 5) is 18.4. The molecule has 0 radical (unpaired) electrons. The topological polar surface area (TPSA) is 59.8 Å². The molecular weight excluding hydrogens is 412 g/mol. The van der Waals surface area contributed by atoms with Gasteiger partial charge in [0.2, 0.25) is 0 Å². The minimum Gasteiger partial charge on any atom is -0.346 e. The summed E-state index contributed by atoms with van der Waals surface area (Å²) in [5, 5.41) is 8.54. The largest absolute Gasteiger partial charge is 0.346 e. The van der Waals surface area contributed by atoms with Gasteiger partial charge in [0, 0.05) is 16.1 Å². The second kappa shape index (κ2) is 7.01. The minimum absolute atomic E-state index is 0.0985. The molecule has 1 amide bonds. The third kappa shape index (κ3) is 3.27. The summed E-state index contributed by atoms with van der Waals surface area (Å²) in [6.45, 7) is 2.37. The normalized spacial score (nSPS) is 11.0. The molecule has 0 atom stereocenters. The molecule has 0 saturated carbocycles. The van der Waals surface area contributed by atoms with Crippen LogP contribution >= 0.6 is 27.3 Å². The van der Waals surface area contributed by atoms with E-state index in [0.717, 1.165) is 31.8 Å². The van der Waals surface area contributed by atoms with Gasteiger partial charge in [0.15, 0.2) is 0 Å². The maximum Gasteiger partial charge on any atom is 0.261 e. The van der Waals surface area contributed by atoms with E-state index in [1.54, 1.807) is 6.20 Å². The third-order valence-corrected chi connectivity index (χ3v) is 5.63. The minimum atomic E-state index is -0.0985. The number of hydrogen-bond acceptors (Lipinski definition) is 4. The number of halogens is 1. The molecule has 4 rings (SSSR count). The van der Waals surface area contributed by atoms with Crippen molar-refractivity contribution in [1.29, 1.82) is 0 Å². The second-order valence-corrected chi connectivity index (χ2v) is 7.75. The maximum absolute atomic E-state index is 12.5. The third-order valence-electron chi connectivity index (χ3n) is 4.00. The number of benzene rings is 1. The standard InChI is InChI=1S/C19H15BrN4OS/c1-12-16-10-17(18(25)22-11-14-4-2-3-9-21-14)26-19(16)24(23-12)15-7-5-13(20)6-8-15/h2-10H,11H2,1H3,(H,22,25). The Bertz CT molecular complexity index is 1070. The molecule has 3 heterocycles. The smallest absolute Gasteiger partial charge is 0.261 e. The quantitative estimate of drug-likeness (QED) is 0.523. The lowest BCUT2D eigenvalue weighted by molar-refractivity contribution is 0.0954. The number of thiophene rings is 1. The van der Waals surface area contributed by atoms with Crippen molar-refractivity contribution in [1.82, 2.24) is 20.1 Å². The average molecular weight is 427 g/mol. The van der Waals surface area contributed by atoms with Crippen molar-refractivity contribution in [3.05, 3.63) is 75.5 Å². The molecule has 0 aliphatic carbocycles. The SMILES string of the molecule is Cc1nn(-c2ccc(Br)cc2)c2sc(C(=O)NCc3ccccn3)cc12. The molecule has 4 aromatic rings. The van der Waals surface area contributed by atoms with E-state index in [1.165, 1.54) is 11.3 Å². The molecule has 3 aromatic heterocycles. The van der Waals surface area contributed by atoms with E-state index >= 15 is 0 Å². The zero-order chi connectivity index (χ0) is 18.1. The van der Waals surface area contributed by atoms with Gasteiger partial charge in [0.25, 0.3) is 5.91 Å². The van der Waals surface area contributed by atoms with Crippen molar-refractivity contribution in [3.8, 4) is 5.69 Å². The van der Waals surface area contributed by atoms with Gasteiger partial charge in [-0.1, -0.05) is 22.0 Å². The lowest BCUT2D eigenvalue weighted by Gasteiger charge is -2.03. The molecule has 130 valence electrons. The molecule has 0 unspecified atom stereocenters. The van der Waals surface area contributed by atoms with Crippen LogP contribution < -0.4 is 5.32 Å². The number of fused-ring (bicyclic) bond motifs is 1. The molecule has 5 nitrogen and oxygen atoms in total. The first-order valence-corrected chi connectivity index (χ1v) is 9.66. The van der Waals surface area contributed by atoms with Crippen molar-refractivity contribution in [2.75, 3.05) is 0 Å². The summed E-state index contributed by atoms with van der Waals surface area (Å²) in [6.07, 6.45) is 1.72. The van der Waals surface area contributed by atoms with Gasteiger partial charge in [-0.15, -0.1) is 11.3 Å². The summed E-state index contributed by atoms with van der Waals surface area (Å²) in [5.74, 6) is -0.0985. The van der Waals surface area contributed by atoms with Gasteiger partial charge in [-0.05, 0) is 49.4 Å². The van der Waals surface area contributed by atoms with E-state index in [1.807, 2.05) is 60.1 Å². The van der Waals surface area contributed by atoms with Crippen LogP contribution in [0.3, 0.4) is 0 Å². The summed E-state index contributed by atoms with van der Waals surface area (Å²) in [6, 6.07) is 15.5. The van der Waals surface area contributed by atoms with Gasteiger partial charge >= 0.3 is 0 Å². The van der Waals surface area contributed by atoms with Gasteiger partial charge in [-0.2, -0.15) is 5.10 Å². The Kier molecular flexibility index (Phi) is 4.57. The fraction of sp³-hybridized carbons (Fsp3) is 0.105. The molecule has 0 bridgehead atoms. The summed E-state index contributed by atoms with van der Waals surface area (Å²) in [7, 11) is 0. The Labute approximate surface area is 162 Å². The summed E-state index contributed by atoms with van der Waals surface area (Å²) < 4.78 is 2.90. The lowest BCUT2D eigenvalue weighted by Crippen LogP contribution is -2.22. The molecular formula is C19H15BrN4OS. The van der Waals surface area contributed by atoms with Crippen LogP contribution in [-0.2, 0) is 6.54 Å². The Morgan fingerprint density at radius 1 is 1.23 bits per heavy atom. The fourth-order valence-corrected chi connectivity index (χ4v) is 4.04. The highest BCUT2D eigenvalue weighted by atomic mass is 79.9. The van der Waals surface area contributed by atoms with Crippen LogP contribution in [0, 0.1) is 6.92 Å². The zero-order valence-corrected chi connectivity index (χ0v) is 16.3. The van der Waals surface area contributed by atoms with E-state index in [0.29, 0.717) is 11.4 Å². The van der Waals surface area contributed by atoms with Crippen molar-refractivity contribution in [3.63, 3.8) is 0 Å². The molecule has 0 aliphatic heterocycles. The van der Waals surface area contributed by atoms with Crippen molar-refractivity contribution in [2.45, 2.75) is 13.5 Å². The number of amides is 1. The fourth-order valence-electron chi connectivity index (χ4n) is 2.68. The Morgan fingerprint density at radius 2 is 2.04 bits per heavy atom. The van der Waals surface area contributed by atoms with E-state index in [2.05, 4.69) is 31.3 Å². The summed E-state index contributed by atoms with van der Waals surface area (Å²) in [5.41, 5.74) is 2.70. The predicted octanol–water partition coefficient (Wildman–Crippen LogP) is 4.48. The van der Waals surface area contributed by atoms with E-state index in [9.17, 15) is 4.79 Å².